The average molecular weight is 264 g/mol. The molecular weight excluding hydrogens is 236 g/mol. The van der Waals surface area contributed by atoms with Crippen molar-refractivity contribution in [2.45, 2.75) is 56.1 Å². The van der Waals surface area contributed by atoms with E-state index >= 15 is 0 Å². The molecule has 1 aliphatic carbocycles. The highest BCUT2D eigenvalue weighted by Crippen LogP contribution is 2.31. The second kappa shape index (κ2) is 6.21. The van der Waals surface area contributed by atoms with Crippen LogP contribution in [0.15, 0.2) is 0 Å². The Hall–Kier alpha value is -0.630. The highest BCUT2D eigenvalue weighted by atomic mass is 15.2. The Morgan fingerprint density at radius 1 is 1.26 bits per heavy atom. The number of likely N-dealkylation sites (N-methyl/N-ethyl adjacent to an activating group) is 2. The van der Waals surface area contributed by atoms with Gasteiger partial charge in [-0.2, -0.15) is 5.26 Å². The Kier molecular flexibility index (Phi) is 4.83. The van der Waals surface area contributed by atoms with Crippen molar-refractivity contribution in [3.05, 3.63) is 0 Å². The minimum Gasteiger partial charge on any atom is -0.305 e. The third-order valence-corrected chi connectivity index (χ3v) is 5.25. The number of piperidine rings is 1. The first kappa shape index (κ1) is 14.8. The number of nitriles is 1. The standard InChI is InChI=1S/C15H28N4/c1-17-15(12-16)8-6-13(7-9-15)19(3)14-5-4-10-18(2)11-14/h13-14,17H,4-11H2,1-3H3. The summed E-state index contributed by atoms with van der Waals surface area (Å²) in [5.74, 6) is 0. The molecule has 4 heteroatoms. The fourth-order valence-corrected chi connectivity index (χ4v) is 3.69. The van der Waals surface area contributed by atoms with Crippen LogP contribution in [-0.2, 0) is 0 Å². The van der Waals surface area contributed by atoms with Crippen LogP contribution in [0, 0.1) is 11.3 Å². The van der Waals surface area contributed by atoms with E-state index in [1.807, 2.05) is 7.05 Å². The third-order valence-electron chi connectivity index (χ3n) is 5.25. The topological polar surface area (TPSA) is 42.3 Å². The number of hydrogen-bond acceptors (Lipinski definition) is 4. The van der Waals surface area contributed by atoms with Crippen molar-refractivity contribution in [3.63, 3.8) is 0 Å². The zero-order valence-electron chi connectivity index (χ0n) is 12.7. The molecule has 0 aromatic carbocycles. The van der Waals surface area contributed by atoms with Gasteiger partial charge in [-0.15, -0.1) is 0 Å². The molecule has 0 amide bonds. The van der Waals surface area contributed by atoms with Crippen LogP contribution in [-0.4, -0.2) is 61.7 Å². The van der Waals surface area contributed by atoms with Gasteiger partial charge in [0.2, 0.25) is 0 Å². The van der Waals surface area contributed by atoms with Crippen molar-refractivity contribution < 1.29 is 0 Å². The van der Waals surface area contributed by atoms with Gasteiger partial charge in [-0.25, -0.2) is 0 Å². The summed E-state index contributed by atoms with van der Waals surface area (Å²) < 4.78 is 0. The van der Waals surface area contributed by atoms with Gasteiger partial charge in [0.25, 0.3) is 0 Å². The molecule has 1 heterocycles. The van der Waals surface area contributed by atoms with E-state index in [2.05, 4.69) is 35.3 Å². The van der Waals surface area contributed by atoms with Gasteiger partial charge >= 0.3 is 0 Å². The van der Waals surface area contributed by atoms with E-state index in [0.717, 1.165) is 25.7 Å². The van der Waals surface area contributed by atoms with Crippen LogP contribution in [0.2, 0.25) is 0 Å². The molecule has 0 spiro atoms. The summed E-state index contributed by atoms with van der Waals surface area (Å²) in [6, 6.07) is 3.84. The maximum Gasteiger partial charge on any atom is 0.106 e. The predicted molar refractivity (Wildman–Crippen MR) is 77.9 cm³/mol. The SMILES string of the molecule is CNC1(C#N)CCC(N(C)C2CCCN(C)C2)CC1. The molecule has 1 saturated carbocycles. The first-order valence-electron chi connectivity index (χ1n) is 7.61. The molecule has 19 heavy (non-hydrogen) atoms. The molecule has 1 unspecified atom stereocenters. The summed E-state index contributed by atoms with van der Waals surface area (Å²) >= 11 is 0. The molecule has 0 bridgehead atoms. The predicted octanol–water partition coefficient (Wildman–Crippen LogP) is 1.44. The van der Waals surface area contributed by atoms with Crippen LogP contribution in [0.25, 0.3) is 0 Å². The van der Waals surface area contributed by atoms with E-state index in [-0.39, 0.29) is 5.54 Å². The Bertz CT molecular complexity index is 328. The second-order valence-electron chi connectivity index (χ2n) is 6.40. The first-order valence-corrected chi connectivity index (χ1v) is 7.61. The molecule has 1 N–H and O–H groups in total. The number of nitrogens with zero attached hydrogens (tertiary/aromatic N) is 3. The number of nitrogens with one attached hydrogen (secondary N) is 1. The molecule has 0 radical (unpaired) electrons. The van der Waals surface area contributed by atoms with E-state index in [0.29, 0.717) is 12.1 Å². The van der Waals surface area contributed by atoms with Crippen molar-refractivity contribution in [2.75, 3.05) is 34.2 Å². The van der Waals surface area contributed by atoms with Gasteiger partial charge in [0.1, 0.15) is 5.54 Å². The lowest BCUT2D eigenvalue weighted by Gasteiger charge is -2.44. The monoisotopic (exact) mass is 264 g/mol. The van der Waals surface area contributed by atoms with E-state index in [1.165, 1.54) is 25.9 Å². The maximum atomic E-state index is 9.32. The largest absolute Gasteiger partial charge is 0.305 e. The average Bonchev–Trinajstić information content (AvgIpc) is 2.46. The van der Waals surface area contributed by atoms with Gasteiger partial charge in [0.05, 0.1) is 6.07 Å². The lowest BCUT2D eigenvalue weighted by molar-refractivity contribution is 0.0707. The Morgan fingerprint density at radius 3 is 2.47 bits per heavy atom. The normalized spacial score (nSPS) is 37.2. The third kappa shape index (κ3) is 3.28. The molecular formula is C15H28N4. The van der Waals surface area contributed by atoms with Crippen LogP contribution in [0.3, 0.4) is 0 Å². The molecule has 2 aliphatic rings. The Labute approximate surface area is 117 Å². The summed E-state index contributed by atoms with van der Waals surface area (Å²) in [6.45, 7) is 2.44. The van der Waals surface area contributed by atoms with E-state index in [9.17, 15) is 5.26 Å². The van der Waals surface area contributed by atoms with Crippen LogP contribution >= 0.6 is 0 Å². The van der Waals surface area contributed by atoms with Gasteiger partial charge < -0.3 is 10.2 Å². The number of rotatable bonds is 3. The zero-order chi connectivity index (χ0) is 13.9. The number of hydrogen-bond donors (Lipinski definition) is 1. The summed E-state index contributed by atoms with van der Waals surface area (Å²) in [4.78, 5) is 5.04. The van der Waals surface area contributed by atoms with Gasteiger partial charge in [-0.1, -0.05) is 0 Å². The van der Waals surface area contributed by atoms with Crippen molar-refractivity contribution in [1.82, 2.24) is 15.1 Å². The quantitative estimate of drug-likeness (QED) is 0.837. The van der Waals surface area contributed by atoms with E-state index < -0.39 is 0 Å². The van der Waals surface area contributed by atoms with Gasteiger partial charge in [0, 0.05) is 18.6 Å². The van der Waals surface area contributed by atoms with Crippen molar-refractivity contribution in [1.29, 1.82) is 5.26 Å². The lowest BCUT2D eigenvalue weighted by Crippen LogP contribution is -2.53. The molecule has 108 valence electrons. The minimum atomic E-state index is -0.263. The summed E-state index contributed by atoms with van der Waals surface area (Å²) in [6.07, 6.45) is 6.90. The lowest BCUT2D eigenvalue weighted by atomic mass is 9.79. The van der Waals surface area contributed by atoms with Gasteiger partial charge in [-0.3, -0.25) is 4.90 Å². The second-order valence-corrected chi connectivity index (χ2v) is 6.40. The fraction of sp³-hybridized carbons (Fsp3) is 0.933. The van der Waals surface area contributed by atoms with Gasteiger partial charge in [-0.05, 0) is 66.2 Å². The summed E-state index contributed by atoms with van der Waals surface area (Å²) in [5.41, 5.74) is -0.263. The van der Waals surface area contributed by atoms with Crippen molar-refractivity contribution in [3.8, 4) is 6.07 Å². The van der Waals surface area contributed by atoms with Crippen molar-refractivity contribution in [2.24, 2.45) is 0 Å². The molecule has 1 atom stereocenters. The van der Waals surface area contributed by atoms with E-state index in [4.69, 9.17) is 0 Å². The molecule has 4 nitrogen and oxygen atoms in total. The van der Waals surface area contributed by atoms with Gasteiger partial charge in [0.15, 0.2) is 0 Å². The minimum absolute atomic E-state index is 0.263. The van der Waals surface area contributed by atoms with Crippen LogP contribution < -0.4 is 5.32 Å². The highest BCUT2D eigenvalue weighted by molar-refractivity contribution is 5.09. The maximum absolute atomic E-state index is 9.32. The summed E-state index contributed by atoms with van der Waals surface area (Å²) in [5, 5.41) is 12.5. The first-order chi connectivity index (χ1) is 9.10. The molecule has 0 aromatic heterocycles. The van der Waals surface area contributed by atoms with E-state index in [1.54, 1.807) is 0 Å². The highest BCUT2D eigenvalue weighted by Gasteiger charge is 2.37. The Morgan fingerprint density at radius 2 is 1.95 bits per heavy atom. The molecule has 1 aliphatic heterocycles. The number of likely N-dealkylation sites (tertiary alicyclic amines) is 1. The molecule has 2 rings (SSSR count). The van der Waals surface area contributed by atoms with Crippen LogP contribution in [0.4, 0.5) is 0 Å². The summed E-state index contributed by atoms with van der Waals surface area (Å²) in [7, 11) is 6.43. The zero-order valence-corrected chi connectivity index (χ0v) is 12.7. The Balaban J connectivity index is 1.88. The molecule has 2 fully saturated rings. The molecule has 0 aromatic rings. The fourth-order valence-electron chi connectivity index (χ4n) is 3.69. The van der Waals surface area contributed by atoms with Crippen LogP contribution in [0.5, 0.6) is 0 Å². The van der Waals surface area contributed by atoms with Crippen LogP contribution in [0.1, 0.15) is 38.5 Å². The van der Waals surface area contributed by atoms with Crippen molar-refractivity contribution >= 4 is 0 Å². The molecule has 1 saturated heterocycles. The smallest absolute Gasteiger partial charge is 0.106 e.